The van der Waals surface area contributed by atoms with E-state index in [4.69, 9.17) is 0 Å². The van der Waals surface area contributed by atoms with Crippen molar-refractivity contribution in [1.82, 2.24) is 10.4 Å². The summed E-state index contributed by atoms with van der Waals surface area (Å²) in [6.07, 6.45) is 0. The van der Waals surface area contributed by atoms with Gasteiger partial charge in [-0.25, -0.2) is 5.01 Å². The molecule has 0 saturated heterocycles. The fourth-order valence-electron chi connectivity index (χ4n) is 0.760. The highest BCUT2D eigenvalue weighted by Gasteiger charge is 2.11. The first kappa shape index (κ1) is 6.55. The Bertz CT molecular complexity index is 128. The van der Waals surface area contributed by atoms with Gasteiger partial charge in [-0.3, -0.25) is 4.99 Å². The second kappa shape index (κ2) is 2.35. The summed E-state index contributed by atoms with van der Waals surface area (Å²) in [6.45, 7) is 5.05. The Hall–Kier alpha value is -0.570. The maximum Gasteiger partial charge on any atom is 0.115 e. The molecule has 0 aromatic rings. The second-order valence-electron chi connectivity index (χ2n) is 2.65. The Balaban J connectivity index is 2.45. The lowest BCUT2D eigenvalue weighted by Gasteiger charge is -2.10. The lowest BCUT2D eigenvalue weighted by molar-refractivity contribution is 0.328. The standard InChI is InChI=1S/C6H13N3/c1-5(2)6-7-4-9(3)8-6/h5H,4H2,1-3H3,(H,7,8). The summed E-state index contributed by atoms with van der Waals surface area (Å²) >= 11 is 0. The van der Waals surface area contributed by atoms with Gasteiger partial charge in [-0.15, -0.1) is 0 Å². The second-order valence-corrected chi connectivity index (χ2v) is 2.65. The molecule has 1 N–H and O–H groups in total. The molecule has 0 fully saturated rings. The van der Waals surface area contributed by atoms with E-state index in [2.05, 4.69) is 24.3 Å². The van der Waals surface area contributed by atoms with Crippen molar-refractivity contribution in [2.45, 2.75) is 13.8 Å². The fourth-order valence-corrected chi connectivity index (χ4v) is 0.760. The van der Waals surface area contributed by atoms with E-state index < -0.39 is 0 Å². The first-order chi connectivity index (χ1) is 4.20. The van der Waals surface area contributed by atoms with Gasteiger partial charge in [-0.05, 0) is 0 Å². The number of aliphatic imine (C=N–C) groups is 1. The van der Waals surface area contributed by atoms with Crippen LogP contribution in [0.15, 0.2) is 4.99 Å². The molecule has 0 amide bonds. The van der Waals surface area contributed by atoms with E-state index in [9.17, 15) is 0 Å². The van der Waals surface area contributed by atoms with E-state index in [1.807, 2.05) is 12.1 Å². The summed E-state index contributed by atoms with van der Waals surface area (Å²) in [6, 6.07) is 0. The fraction of sp³-hybridized carbons (Fsp3) is 0.833. The van der Waals surface area contributed by atoms with E-state index >= 15 is 0 Å². The van der Waals surface area contributed by atoms with Gasteiger partial charge in [0.25, 0.3) is 0 Å². The number of hydrazine groups is 1. The molecule has 0 spiro atoms. The molecule has 0 atom stereocenters. The largest absolute Gasteiger partial charge is 0.305 e. The lowest BCUT2D eigenvalue weighted by atomic mass is 10.2. The van der Waals surface area contributed by atoms with Crippen molar-refractivity contribution < 1.29 is 0 Å². The van der Waals surface area contributed by atoms with Crippen LogP contribution in [0.1, 0.15) is 13.8 Å². The van der Waals surface area contributed by atoms with Gasteiger partial charge in [0.05, 0.1) is 0 Å². The summed E-state index contributed by atoms with van der Waals surface area (Å²) in [5.74, 6) is 1.62. The van der Waals surface area contributed by atoms with Gasteiger partial charge in [-0.2, -0.15) is 0 Å². The molecule has 0 aromatic heterocycles. The Labute approximate surface area is 55.7 Å². The van der Waals surface area contributed by atoms with Crippen LogP contribution in [0.2, 0.25) is 0 Å². The Kier molecular flexibility index (Phi) is 1.71. The number of nitrogens with one attached hydrogen (secondary N) is 1. The van der Waals surface area contributed by atoms with Crippen molar-refractivity contribution in [2.24, 2.45) is 10.9 Å². The lowest BCUT2D eigenvalue weighted by Crippen LogP contribution is -2.34. The van der Waals surface area contributed by atoms with Crippen LogP contribution in [0.3, 0.4) is 0 Å². The zero-order valence-electron chi connectivity index (χ0n) is 6.18. The molecule has 3 nitrogen and oxygen atoms in total. The molecular formula is C6H13N3. The van der Waals surface area contributed by atoms with Gasteiger partial charge in [0, 0.05) is 13.0 Å². The minimum Gasteiger partial charge on any atom is -0.305 e. The van der Waals surface area contributed by atoms with Crippen LogP contribution in [0.5, 0.6) is 0 Å². The van der Waals surface area contributed by atoms with E-state index in [0.29, 0.717) is 5.92 Å². The van der Waals surface area contributed by atoms with Crippen LogP contribution < -0.4 is 5.43 Å². The van der Waals surface area contributed by atoms with Crippen molar-refractivity contribution in [3.05, 3.63) is 0 Å². The summed E-state index contributed by atoms with van der Waals surface area (Å²) in [4.78, 5) is 4.25. The summed E-state index contributed by atoms with van der Waals surface area (Å²) in [7, 11) is 1.98. The molecule has 1 aliphatic rings. The van der Waals surface area contributed by atoms with Crippen LogP contribution in [-0.4, -0.2) is 24.6 Å². The van der Waals surface area contributed by atoms with Crippen molar-refractivity contribution in [3.63, 3.8) is 0 Å². The normalized spacial score (nSPS) is 20.2. The maximum absolute atomic E-state index is 4.25. The Morgan fingerprint density at radius 1 is 1.67 bits per heavy atom. The Morgan fingerprint density at radius 2 is 2.33 bits per heavy atom. The molecule has 0 aromatic carbocycles. The van der Waals surface area contributed by atoms with E-state index in [1.165, 1.54) is 0 Å². The summed E-state index contributed by atoms with van der Waals surface area (Å²) < 4.78 is 0. The zero-order valence-corrected chi connectivity index (χ0v) is 6.18. The minimum atomic E-state index is 0.523. The average Bonchev–Trinajstić information content (AvgIpc) is 2.14. The molecule has 52 valence electrons. The third-order valence-electron chi connectivity index (χ3n) is 1.31. The molecule has 0 unspecified atom stereocenters. The molecule has 1 heterocycles. The van der Waals surface area contributed by atoms with Crippen LogP contribution in [0.4, 0.5) is 0 Å². The molecule has 9 heavy (non-hydrogen) atoms. The van der Waals surface area contributed by atoms with E-state index in [0.717, 1.165) is 12.5 Å². The highest BCUT2D eigenvalue weighted by atomic mass is 15.6. The number of hydrogen-bond donors (Lipinski definition) is 1. The first-order valence-electron chi connectivity index (χ1n) is 3.22. The van der Waals surface area contributed by atoms with E-state index in [1.54, 1.807) is 0 Å². The smallest absolute Gasteiger partial charge is 0.115 e. The molecule has 3 heteroatoms. The zero-order chi connectivity index (χ0) is 6.85. The molecule has 1 rings (SSSR count). The monoisotopic (exact) mass is 127 g/mol. The van der Waals surface area contributed by atoms with Crippen molar-refractivity contribution in [2.75, 3.05) is 13.7 Å². The third-order valence-corrected chi connectivity index (χ3v) is 1.31. The van der Waals surface area contributed by atoms with Crippen molar-refractivity contribution >= 4 is 5.84 Å². The van der Waals surface area contributed by atoms with Gasteiger partial charge >= 0.3 is 0 Å². The topological polar surface area (TPSA) is 27.6 Å². The first-order valence-corrected chi connectivity index (χ1v) is 3.22. The molecule has 0 radical (unpaired) electrons. The number of nitrogens with zero attached hydrogens (tertiary/aromatic N) is 2. The number of rotatable bonds is 1. The van der Waals surface area contributed by atoms with E-state index in [-0.39, 0.29) is 0 Å². The quantitative estimate of drug-likeness (QED) is 0.553. The van der Waals surface area contributed by atoms with Gasteiger partial charge in [0.2, 0.25) is 0 Å². The van der Waals surface area contributed by atoms with Gasteiger partial charge < -0.3 is 5.43 Å². The van der Waals surface area contributed by atoms with Gasteiger partial charge in [0.15, 0.2) is 0 Å². The predicted octanol–water partition coefficient (Wildman–Crippen LogP) is 0.448. The average molecular weight is 127 g/mol. The number of amidine groups is 1. The van der Waals surface area contributed by atoms with Crippen LogP contribution in [0, 0.1) is 5.92 Å². The molecule has 0 aliphatic carbocycles. The molecule has 0 saturated carbocycles. The van der Waals surface area contributed by atoms with Crippen LogP contribution in [0.25, 0.3) is 0 Å². The van der Waals surface area contributed by atoms with Crippen LogP contribution >= 0.6 is 0 Å². The summed E-state index contributed by atoms with van der Waals surface area (Å²) in [5.41, 5.74) is 3.14. The van der Waals surface area contributed by atoms with Gasteiger partial charge in [-0.1, -0.05) is 13.8 Å². The van der Waals surface area contributed by atoms with Gasteiger partial charge in [0.1, 0.15) is 12.5 Å². The SMILES string of the molecule is CC(C)C1=NCN(C)N1. The highest BCUT2D eigenvalue weighted by molar-refractivity contribution is 5.84. The van der Waals surface area contributed by atoms with Crippen molar-refractivity contribution in [3.8, 4) is 0 Å². The van der Waals surface area contributed by atoms with Crippen molar-refractivity contribution in [1.29, 1.82) is 0 Å². The van der Waals surface area contributed by atoms with Crippen LogP contribution in [-0.2, 0) is 0 Å². The maximum atomic E-state index is 4.25. The predicted molar refractivity (Wildman–Crippen MR) is 38.0 cm³/mol. The Morgan fingerprint density at radius 3 is 2.56 bits per heavy atom. The molecule has 0 bridgehead atoms. The molecule has 1 aliphatic heterocycles. The third kappa shape index (κ3) is 1.42. The number of hydrogen-bond acceptors (Lipinski definition) is 3. The highest BCUT2D eigenvalue weighted by Crippen LogP contribution is 2.00. The summed E-state index contributed by atoms with van der Waals surface area (Å²) in [5, 5.41) is 1.97. The molecular weight excluding hydrogens is 114 g/mol. The minimum absolute atomic E-state index is 0.523.